The maximum Gasteiger partial charge on any atom is 0.326 e. The molecule has 1 aliphatic rings. The van der Waals surface area contributed by atoms with Crippen LogP contribution in [0.1, 0.15) is 25.0 Å². The van der Waals surface area contributed by atoms with E-state index in [1.165, 1.54) is 11.0 Å². The van der Waals surface area contributed by atoms with E-state index in [1.807, 2.05) is 0 Å². The van der Waals surface area contributed by atoms with E-state index in [2.05, 4.69) is 15.9 Å². The summed E-state index contributed by atoms with van der Waals surface area (Å²) in [4.78, 5) is 24.5. The third kappa shape index (κ3) is 3.47. The fraction of sp³-hybridized carbons (Fsp3) is 0.385. The second-order valence-electron chi connectivity index (χ2n) is 4.36. The van der Waals surface area contributed by atoms with Gasteiger partial charge in [-0.1, -0.05) is 0 Å². The smallest absolute Gasteiger partial charge is 0.326 e. The molecule has 102 valence electrons. The van der Waals surface area contributed by atoms with E-state index in [1.54, 1.807) is 18.2 Å². The van der Waals surface area contributed by atoms with Crippen LogP contribution in [0.3, 0.4) is 0 Å². The molecule has 0 aromatic carbocycles. The SMILES string of the molecule is O=C(O)[C@H]1CCCCN1C(=O)C=Cc1ccc(Br)o1. The van der Waals surface area contributed by atoms with E-state index in [0.29, 0.717) is 23.4 Å². The molecule has 1 aliphatic heterocycles. The molecule has 1 fully saturated rings. The van der Waals surface area contributed by atoms with Crippen LogP contribution < -0.4 is 0 Å². The molecule has 1 atom stereocenters. The number of amides is 1. The molecule has 19 heavy (non-hydrogen) atoms. The zero-order chi connectivity index (χ0) is 13.8. The highest BCUT2D eigenvalue weighted by molar-refractivity contribution is 9.10. The molecule has 0 aliphatic carbocycles. The van der Waals surface area contributed by atoms with Gasteiger partial charge in [-0.25, -0.2) is 4.79 Å². The Morgan fingerprint density at radius 3 is 2.84 bits per heavy atom. The van der Waals surface area contributed by atoms with E-state index in [4.69, 9.17) is 9.52 Å². The summed E-state index contributed by atoms with van der Waals surface area (Å²) in [6.07, 6.45) is 5.10. The second kappa shape index (κ2) is 6.06. The lowest BCUT2D eigenvalue weighted by molar-refractivity contribution is -0.150. The van der Waals surface area contributed by atoms with E-state index in [-0.39, 0.29) is 5.91 Å². The number of carboxylic acids is 1. The topological polar surface area (TPSA) is 70.8 Å². The van der Waals surface area contributed by atoms with Crippen LogP contribution in [0, 0.1) is 0 Å². The Balaban J connectivity index is 2.05. The van der Waals surface area contributed by atoms with Gasteiger partial charge in [0.25, 0.3) is 0 Å². The van der Waals surface area contributed by atoms with Crippen molar-refractivity contribution in [2.75, 3.05) is 6.54 Å². The summed E-state index contributed by atoms with van der Waals surface area (Å²) in [7, 11) is 0. The van der Waals surface area contributed by atoms with Crippen LogP contribution in [-0.2, 0) is 9.59 Å². The number of carbonyl (C=O) groups excluding carboxylic acids is 1. The molecule has 5 nitrogen and oxygen atoms in total. The molecule has 1 saturated heterocycles. The molecule has 6 heteroatoms. The Hall–Kier alpha value is -1.56. The number of hydrogen-bond donors (Lipinski definition) is 1. The number of aliphatic carboxylic acids is 1. The van der Waals surface area contributed by atoms with Crippen molar-refractivity contribution in [2.24, 2.45) is 0 Å². The van der Waals surface area contributed by atoms with Crippen molar-refractivity contribution < 1.29 is 19.1 Å². The summed E-state index contributed by atoms with van der Waals surface area (Å²) in [5.74, 6) is -0.689. The zero-order valence-electron chi connectivity index (χ0n) is 10.2. The normalized spacial score (nSPS) is 19.8. The number of furan rings is 1. The van der Waals surface area contributed by atoms with E-state index in [0.717, 1.165) is 12.8 Å². The molecule has 2 rings (SSSR count). The summed E-state index contributed by atoms with van der Waals surface area (Å²) in [6, 6.07) is 2.73. The van der Waals surface area contributed by atoms with Crippen molar-refractivity contribution in [3.63, 3.8) is 0 Å². The average Bonchev–Trinajstić information content (AvgIpc) is 2.81. The monoisotopic (exact) mass is 327 g/mol. The van der Waals surface area contributed by atoms with E-state index < -0.39 is 12.0 Å². The lowest BCUT2D eigenvalue weighted by Gasteiger charge is -2.32. The summed E-state index contributed by atoms with van der Waals surface area (Å²) in [5.41, 5.74) is 0. The third-order valence-electron chi connectivity index (χ3n) is 3.06. The predicted molar refractivity (Wildman–Crippen MR) is 72.4 cm³/mol. The number of nitrogens with zero attached hydrogens (tertiary/aromatic N) is 1. The van der Waals surface area contributed by atoms with Gasteiger partial charge >= 0.3 is 5.97 Å². The van der Waals surface area contributed by atoms with Crippen molar-refractivity contribution >= 4 is 33.9 Å². The molecule has 1 aromatic heterocycles. The van der Waals surface area contributed by atoms with Gasteiger partial charge < -0.3 is 14.4 Å². The van der Waals surface area contributed by atoms with Gasteiger partial charge in [0.2, 0.25) is 5.91 Å². The van der Waals surface area contributed by atoms with Crippen LogP contribution in [0.4, 0.5) is 0 Å². The van der Waals surface area contributed by atoms with Crippen molar-refractivity contribution in [2.45, 2.75) is 25.3 Å². The van der Waals surface area contributed by atoms with Gasteiger partial charge in [0, 0.05) is 12.6 Å². The Bertz CT molecular complexity index is 508. The summed E-state index contributed by atoms with van der Waals surface area (Å²) >= 11 is 3.17. The molecule has 1 N–H and O–H groups in total. The van der Waals surface area contributed by atoms with Gasteiger partial charge in [0.15, 0.2) is 4.67 Å². The van der Waals surface area contributed by atoms with Crippen molar-refractivity contribution in [1.29, 1.82) is 0 Å². The molecule has 0 radical (unpaired) electrons. The first-order valence-corrected chi connectivity index (χ1v) is 6.84. The first kappa shape index (κ1) is 13.9. The van der Waals surface area contributed by atoms with Crippen LogP contribution >= 0.6 is 15.9 Å². The Kier molecular flexibility index (Phi) is 4.42. The molecule has 0 saturated carbocycles. The minimum atomic E-state index is -0.942. The highest BCUT2D eigenvalue weighted by Crippen LogP contribution is 2.19. The molecule has 2 heterocycles. The Morgan fingerprint density at radius 1 is 1.42 bits per heavy atom. The predicted octanol–water partition coefficient (Wildman–Crippen LogP) is 2.52. The zero-order valence-corrected chi connectivity index (χ0v) is 11.8. The first-order chi connectivity index (χ1) is 9.08. The van der Waals surface area contributed by atoms with Gasteiger partial charge in [-0.3, -0.25) is 4.79 Å². The molecular weight excluding hydrogens is 314 g/mol. The third-order valence-corrected chi connectivity index (χ3v) is 3.48. The number of piperidine rings is 1. The Morgan fingerprint density at radius 2 is 2.21 bits per heavy atom. The van der Waals surface area contributed by atoms with Crippen molar-refractivity contribution in [1.82, 2.24) is 4.90 Å². The maximum absolute atomic E-state index is 12.0. The average molecular weight is 328 g/mol. The summed E-state index contributed by atoms with van der Waals surface area (Å²) in [5, 5.41) is 9.10. The minimum absolute atomic E-state index is 0.292. The number of likely N-dealkylation sites (tertiary alicyclic amines) is 1. The largest absolute Gasteiger partial charge is 0.480 e. The van der Waals surface area contributed by atoms with Crippen LogP contribution in [-0.4, -0.2) is 34.5 Å². The number of carbonyl (C=O) groups is 2. The highest BCUT2D eigenvalue weighted by Gasteiger charge is 2.30. The maximum atomic E-state index is 12.0. The number of carboxylic acid groups (broad SMARTS) is 1. The Labute approximate surface area is 119 Å². The molecule has 0 bridgehead atoms. The summed E-state index contributed by atoms with van der Waals surface area (Å²) < 4.78 is 5.82. The van der Waals surface area contributed by atoms with Crippen LogP contribution in [0.2, 0.25) is 0 Å². The van der Waals surface area contributed by atoms with Crippen LogP contribution in [0.5, 0.6) is 0 Å². The minimum Gasteiger partial charge on any atom is -0.480 e. The fourth-order valence-electron chi connectivity index (χ4n) is 2.12. The highest BCUT2D eigenvalue weighted by atomic mass is 79.9. The van der Waals surface area contributed by atoms with Gasteiger partial charge in [-0.15, -0.1) is 0 Å². The molecule has 1 aromatic rings. The van der Waals surface area contributed by atoms with Crippen LogP contribution in [0.25, 0.3) is 6.08 Å². The number of halogens is 1. The lowest BCUT2D eigenvalue weighted by Crippen LogP contribution is -2.47. The van der Waals surface area contributed by atoms with Gasteiger partial charge in [-0.2, -0.15) is 0 Å². The summed E-state index contributed by atoms with van der Waals surface area (Å²) in [6.45, 7) is 0.488. The molecule has 0 unspecified atom stereocenters. The number of rotatable bonds is 3. The number of hydrogen-bond acceptors (Lipinski definition) is 3. The molecule has 1 amide bonds. The second-order valence-corrected chi connectivity index (χ2v) is 5.14. The van der Waals surface area contributed by atoms with Crippen molar-refractivity contribution in [3.05, 3.63) is 28.6 Å². The van der Waals surface area contributed by atoms with E-state index in [9.17, 15) is 9.59 Å². The molecular formula is C13H14BrNO4. The van der Waals surface area contributed by atoms with E-state index >= 15 is 0 Å². The van der Waals surface area contributed by atoms with Gasteiger partial charge in [-0.05, 0) is 53.4 Å². The van der Waals surface area contributed by atoms with Crippen molar-refractivity contribution in [3.8, 4) is 0 Å². The lowest BCUT2D eigenvalue weighted by atomic mass is 10.0. The van der Waals surface area contributed by atoms with Gasteiger partial charge in [0.1, 0.15) is 11.8 Å². The van der Waals surface area contributed by atoms with Gasteiger partial charge in [0.05, 0.1) is 0 Å². The quantitative estimate of drug-likeness (QED) is 0.866. The fourth-order valence-corrected chi connectivity index (χ4v) is 2.44. The first-order valence-electron chi connectivity index (χ1n) is 6.05. The molecule has 0 spiro atoms. The standard InChI is InChI=1S/C13H14BrNO4/c14-11-6-4-9(19-11)5-7-12(16)15-8-2-1-3-10(15)13(17)18/h4-7,10H,1-3,8H2,(H,17,18)/t10-/m1/s1. The van der Waals surface area contributed by atoms with Crippen LogP contribution in [0.15, 0.2) is 27.3 Å².